The highest BCUT2D eigenvalue weighted by atomic mass is 35.5. The van der Waals surface area contributed by atoms with E-state index in [0.717, 1.165) is 16.7 Å². The summed E-state index contributed by atoms with van der Waals surface area (Å²) in [6.07, 6.45) is -2.24. The van der Waals surface area contributed by atoms with Crippen molar-refractivity contribution in [1.29, 1.82) is 0 Å². The first-order chi connectivity index (χ1) is 17.5. The molecule has 0 fully saturated rings. The Morgan fingerprint density at radius 2 is 1.17 bits per heavy atom. The van der Waals surface area contributed by atoms with Crippen LogP contribution in [-0.4, -0.2) is 18.2 Å². The summed E-state index contributed by atoms with van der Waals surface area (Å²) in [5.41, 5.74) is 2.53. The van der Waals surface area contributed by atoms with Crippen LogP contribution in [0.15, 0.2) is 109 Å². The van der Waals surface area contributed by atoms with Crippen molar-refractivity contribution in [2.24, 2.45) is 0 Å². The minimum absolute atomic E-state index is 0.0245. The van der Waals surface area contributed by atoms with Crippen LogP contribution in [0.4, 0.5) is 5.69 Å². The molecule has 36 heavy (non-hydrogen) atoms. The van der Waals surface area contributed by atoms with Crippen molar-refractivity contribution in [2.75, 3.05) is 5.32 Å². The third kappa shape index (κ3) is 6.66. The molecule has 0 amide bonds. The number of hydrogen-bond donors (Lipinski definition) is 1. The number of ether oxygens (including phenoxy) is 2. The summed E-state index contributed by atoms with van der Waals surface area (Å²) in [6, 6.07) is 32.6. The average Bonchev–Trinajstić information content (AvgIpc) is 2.90. The third-order valence-electron chi connectivity index (χ3n) is 5.33. The number of halogens is 2. The van der Waals surface area contributed by atoms with Gasteiger partial charge in [-0.15, -0.1) is 0 Å². The van der Waals surface area contributed by atoms with Crippen LogP contribution < -0.4 is 5.32 Å². The molecule has 1 atom stereocenters. The molecule has 4 aromatic carbocycles. The van der Waals surface area contributed by atoms with Gasteiger partial charge in [0.25, 0.3) is 6.23 Å². The molecule has 7 heteroatoms. The van der Waals surface area contributed by atoms with Crippen LogP contribution >= 0.6 is 23.2 Å². The molecule has 0 heterocycles. The summed E-state index contributed by atoms with van der Waals surface area (Å²) in [4.78, 5) is 26.2. The SMILES string of the molecule is O=C(Cc1ccccc1)OC(Nc1c(Cl)cccc1Cl)C(=O)OC(c1ccccc1)c1ccccc1. The number of benzene rings is 4. The molecule has 0 aromatic heterocycles. The van der Waals surface area contributed by atoms with Gasteiger partial charge in [-0.05, 0) is 28.8 Å². The zero-order valence-corrected chi connectivity index (χ0v) is 20.7. The fraction of sp³-hybridized carbons (Fsp3) is 0.103. The Labute approximate surface area is 219 Å². The van der Waals surface area contributed by atoms with Crippen LogP contribution in [0.5, 0.6) is 0 Å². The molecule has 4 rings (SSSR count). The molecule has 0 spiro atoms. The van der Waals surface area contributed by atoms with Crippen molar-refractivity contribution in [1.82, 2.24) is 0 Å². The number of nitrogens with one attached hydrogen (secondary N) is 1. The molecule has 0 radical (unpaired) electrons. The van der Waals surface area contributed by atoms with Crippen molar-refractivity contribution < 1.29 is 19.1 Å². The van der Waals surface area contributed by atoms with Gasteiger partial charge in [0.2, 0.25) is 0 Å². The lowest BCUT2D eigenvalue weighted by Gasteiger charge is -2.24. The number of rotatable bonds is 9. The Bertz CT molecular complexity index is 1240. The van der Waals surface area contributed by atoms with E-state index in [1.807, 2.05) is 78.9 Å². The van der Waals surface area contributed by atoms with Crippen LogP contribution in [-0.2, 0) is 25.5 Å². The first kappa shape index (κ1) is 25.3. The summed E-state index contributed by atoms with van der Waals surface area (Å²) < 4.78 is 11.5. The largest absolute Gasteiger partial charge is 0.448 e. The lowest BCUT2D eigenvalue weighted by Crippen LogP contribution is -2.37. The second-order valence-electron chi connectivity index (χ2n) is 7.91. The summed E-state index contributed by atoms with van der Waals surface area (Å²) in [5, 5.41) is 3.39. The van der Waals surface area contributed by atoms with Crippen LogP contribution in [0.25, 0.3) is 0 Å². The van der Waals surface area contributed by atoms with Crippen LogP contribution in [0.3, 0.4) is 0 Å². The van der Waals surface area contributed by atoms with Crippen molar-refractivity contribution in [3.63, 3.8) is 0 Å². The summed E-state index contributed by atoms with van der Waals surface area (Å²) in [5.74, 6) is -1.42. The zero-order valence-electron chi connectivity index (χ0n) is 19.1. The molecular formula is C29H23Cl2NO4. The Morgan fingerprint density at radius 3 is 1.69 bits per heavy atom. The number of carbonyl (C=O) groups excluding carboxylic acids is 2. The van der Waals surface area contributed by atoms with E-state index in [4.69, 9.17) is 32.7 Å². The maximum atomic E-state index is 13.5. The van der Waals surface area contributed by atoms with Crippen LogP contribution in [0.1, 0.15) is 22.8 Å². The zero-order chi connectivity index (χ0) is 25.3. The van der Waals surface area contributed by atoms with Gasteiger partial charge in [0.15, 0.2) is 6.10 Å². The molecule has 4 aromatic rings. The molecule has 0 aliphatic carbocycles. The maximum absolute atomic E-state index is 13.5. The van der Waals surface area contributed by atoms with Gasteiger partial charge in [-0.25, -0.2) is 4.79 Å². The second kappa shape index (κ2) is 12.2. The summed E-state index contributed by atoms with van der Waals surface area (Å²) in [6.45, 7) is 0. The molecule has 1 N–H and O–H groups in total. The second-order valence-corrected chi connectivity index (χ2v) is 8.73. The normalized spacial score (nSPS) is 11.5. The highest BCUT2D eigenvalue weighted by Gasteiger charge is 2.30. The van der Waals surface area contributed by atoms with Gasteiger partial charge in [0.05, 0.1) is 22.2 Å². The Morgan fingerprint density at radius 1 is 0.667 bits per heavy atom. The van der Waals surface area contributed by atoms with Crippen LogP contribution in [0, 0.1) is 0 Å². The predicted molar refractivity (Wildman–Crippen MR) is 141 cm³/mol. The first-order valence-corrected chi connectivity index (χ1v) is 12.0. The first-order valence-electron chi connectivity index (χ1n) is 11.3. The summed E-state index contributed by atoms with van der Waals surface area (Å²) in [7, 11) is 0. The summed E-state index contributed by atoms with van der Waals surface area (Å²) >= 11 is 12.6. The van der Waals surface area contributed by atoms with Crippen molar-refractivity contribution in [2.45, 2.75) is 18.8 Å². The molecule has 182 valence electrons. The molecular weight excluding hydrogens is 497 g/mol. The van der Waals surface area contributed by atoms with Gasteiger partial charge in [-0.1, -0.05) is 120 Å². The standard InChI is InChI=1S/C29H23Cl2NO4/c30-23-17-10-18-24(31)26(23)32-28(35-25(33)19-20-11-4-1-5-12-20)29(34)36-27(21-13-6-2-7-14-21)22-15-8-3-9-16-22/h1-18,27-28,32H,19H2. The van der Waals surface area contributed by atoms with E-state index in [9.17, 15) is 9.59 Å². The highest BCUT2D eigenvalue weighted by Crippen LogP contribution is 2.32. The van der Waals surface area contributed by atoms with Crippen molar-refractivity contribution in [3.05, 3.63) is 136 Å². The fourth-order valence-corrected chi connectivity index (χ4v) is 4.11. The quantitative estimate of drug-likeness (QED) is 0.193. The third-order valence-corrected chi connectivity index (χ3v) is 5.96. The van der Waals surface area contributed by atoms with E-state index >= 15 is 0 Å². The van der Waals surface area contributed by atoms with Gasteiger partial charge in [-0.3, -0.25) is 4.79 Å². The van der Waals surface area contributed by atoms with Gasteiger partial charge < -0.3 is 14.8 Å². The van der Waals surface area contributed by atoms with E-state index in [0.29, 0.717) is 0 Å². The van der Waals surface area contributed by atoms with E-state index in [2.05, 4.69) is 5.32 Å². The minimum atomic E-state index is -1.49. The molecule has 0 aliphatic rings. The fourth-order valence-electron chi connectivity index (χ4n) is 3.60. The van der Waals surface area contributed by atoms with E-state index < -0.39 is 24.3 Å². The molecule has 0 aliphatic heterocycles. The van der Waals surface area contributed by atoms with Crippen LogP contribution in [0.2, 0.25) is 10.0 Å². The number of anilines is 1. The number of para-hydroxylation sites is 1. The highest BCUT2D eigenvalue weighted by molar-refractivity contribution is 6.39. The Kier molecular flexibility index (Phi) is 8.61. The lowest BCUT2D eigenvalue weighted by atomic mass is 10.0. The monoisotopic (exact) mass is 519 g/mol. The van der Waals surface area contributed by atoms with Gasteiger partial charge in [0, 0.05) is 0 Å². The average molecular weight is 520 g/mol. The van der Waals surface area contributed by atoms with E-state index in [-0.39, 0.29) is 22.2 Å². The Balaban J connectivity index is 1.61. The van der Waals surface area contributed by atoms with Gasteiger partial charge >= 0.3 is 11.9 Å². The molecule has 0 bridgehead atoms. The smallest absolute Gasteiger partial charge is 0.370 e. The number of carbonyl (C=O) groups is 2. The molecule has 1 unspecified atom stereocenters. The Hall–Kier alpha value is -3.80. The van der Waals surface area contributed by atoms with E-state index in [1.165, 1.54) is 0 Å². The van der Waals surface area contributed by atoms with Gasteiger partial charge in [-0.2, -0.15) is 0 Å². The van der Waals surface area contributed by atoms with Gasteiger partial charge in [0.1, 0.15) is 0 Å². The van der Waals surface area contributed by atoms with E-state index in [1.54, 1.807) is 30.3 Å². The minimum Gasteiger partial charge on any atom is -0.448 e. The molecule has 0 saturated heterocycles. The van der Waals surface area contributed by atoms with Crippen molar-refractivity contribution >= 4 is 40.8 Å². The molecule has 0 saturated carbocycles. The molecule has 5 nitrogen and oxygen atoms in total. The lowest BCUT2D eigenvalue weighted by molar-refractivity contribution is -0.168. The van der Waals surface area contributed by atoms with Crippen molar-refractivity contribution in [3.8, 4) is 0 Å². The topological polar surface area (TPSA) is 64.6 Å². The number of esters is 2. The predicted octanol–water partition coefficient (Wildman–Crippen LogP) is 6.85. The maximum Gasteiger partial charge on any atom is 0.370 e. The number of hydrogen-bond acceptors (Lipinski definition) is 5.